The zero-order valence-electron chi connectivity index (χ0n) is 30.1. The van der Waals surface area contributed by atoms with Gasteiger partial charge >= 0.3 is 5.97 Å². The molecule has 9 heteroatoms. The Morgan fingerprint density at radius 3 is 2.42 bits per heavy atom. The van der Waals surface area contributed by atoms with Crippen LogP contribution in [0.3, 0.4) is 0 Å². The number of carboxylic acids is 1. The van der Waals surface area contributed by atoms with Gasteiger partial charge in [-0.05, 0) is 123 Å². The lowest BCUT2D eigenvalue weighted by atomic mass is 9.81. The monoisotopic (exact) mass is 700 g/mol. The van der Waals surface area contributed by atoms with Crippen molar-refractivity contribution in [1.82, 2.24) is 14.8 Å². The maximum atomic E-state index is 14.2. The molecule has 3 aromatic carbocycles. The van der Waals surface area contributed by atoms with Gasteiger partial charge in [-0.15, -0.1) is 0 Å². The van der Waals surface area contributed by atoms with E-state index >= 15 is 0 Å². The van der Waals surface area contributed by atoms with E-state index in [1.54, 1.807) is 31.4 Å². The van der Waals surface area contributed by atoms with Crippen molar-refractivity contribution in [2.45, 2.75) is 88.3 Å². The number of methoxy groups -OCH3 is 1. The minimum absolute atomic E-state index is 0.229. The molecule has 2 saturated carbocycles. The molecule has 2 aliphatic heterocycles. The van der Waals surface area contributed by atoms with Crippen LogP contribution in [0.4, 0.5) is 5.69 Å². The normalized spacial score (nSPS) is 21.3. The number of rotatable bonds is 8. The minimum atomic E-state index is -1.02. The molecule has 1 saturated heterocycles. The first-order chi connectivity index (χ1) is 25.2. The highest BCUT2D eigenvalue weighted by molar-refractivity contribution is 6.06. The summed E-state index contributed by atoms with van der Waals surface area (Å²) in [5, 5.41) is 16.4. The second kappa shape index (κ2) is 13.9. The number of nitrogens with one attached hydrogen (secondary N) is 2. The standard InChI is InChI=1S/C43H48N4O5/c1-46-23-20-30-26-47-36-24-29(41(50)45-43(21-6-7-22-43)42(51)44-31-14-10-27(11-15-31)12-19-37(48)49)13-17-34(36)38(28-8-4-3-5-9-28)40(47)33-18-16-32(52-2)25-35(33)39(30)46/h10-19,24-25,28,30,39H,3-9,20-23,26H2,1-2H3,(H,44,51)(H,45,50)(H,48,49)/b19-12+/t30-,39-/m0/s1. The van der Waals surface area contributed by atoms with E-state index in [0.29, 0.717) is 47.5 Å². The Balaban J connectivity index is 1.15. The number of fused-ring (bicyclic) bond motifs is 7. The fourth-order valence-corrected chi connectivity index (χ4v) is 9.65. The molecule has 0 bridgehead atoms. The number of carboxylic acid groups (broad SMARTS) is 1. The van der Waals surface area contributed by atoms with Crippen LogP contribution in [0.5, 0.6) is 5.75 Å². The number of carbonyl (C=O) groups excluding carboxylic acids is 2. The van der Waals surface area contributed by atoms with Gasteiger partial charge in [-0.25, -0.2) is 4.79 Å². The lowest BCUT2D eigenvalue weighted by Gasteiger charge is -2.29. The van der Waals surface area contributed by atoms with E-state index in [0.717, 1.165) is 49.7 Å². The number of aromatic nitrogens is 1. The molecule has 4 aromatic rings. The molecule has 9 nitrogen and oxygen atoms in total. The van der Waals surface area contributed by atoms with Gasteiger partial charge in [0, 0.05) is 46.4 Å². The molecular formula is C43H48N4O5. The zero-order chi connectivity index (χ0) is 36.0. The van der Waals surface area contributed by atoms with E-state index in [9.17, 15) is 14.4 Å². The van der Waals surface area contributed by atoms with Crippen molar-refractivity contribution < 1.29 is 24.2 Å². The Morgan fingerprint density at radius 1 is 0.923 bits per heavy atom. The van der Waals surface area contributed by atoms with Gasteiger partial charge in [-0.2, -0.15) is 0 Å². The van der Waals surface area contributed by atoms with Gasteiger partial charge in [0.2, 0.25) is 5.91 Å². The van der Waals surface area contributed by atoms with Gasteiger partial charge in [0.05, 0.1) is 12.8 Å². The summed E-state index contributed by atoms with van der Waals surface area (Å²) in [6, 6.07) is 20.1. The van der Waals surface area contributed by atoms with Gasteiger partial charge < -0.3 is 25.0 Å². The fraction of sp³-hybridized carbons (Fsp3) is 0.419. The maximum absolute atomic E-state index is 14.2. The third-order valence-electron chi connectivity index (χ3n) is 12.2. The first-order valence-electron chi connectivity index (χ1n) is 18.9. The number of carbonyl (C=O) groups is 3. The molecule has 3 fully saturated rings. The van der Waals surface area contributed by atoms with E-state index < -0.39 is 11.5 Å². The summed E-state index contributed by atoms with van der Waals surface area (Å²) in [4.78, 5) is 41.5. The lowest BCUT2D eigenvalue weighted by Crippen LogP contribution is -2.55. The molecule has 8 rings (SSSR count). The number of amides is 2. The summed E-state index contributed by atoms with van der Waals surface area (Å²) in [7, 11) is 3.98. The number of likely N-dealkylation sites (tertiary alicyclic amines) is 1. The van der Waals surface area contributed by atoms with E-state index in [1.807, 2.05) is 6.07 Å². The molecular weight excluding hydrogens is 652 g/mol. The largest absolute Gasteiger partial charge is 0.497 e. The summed E-state index contributed by atoms with van der Waals surface area (Å²) in [6.45, 7) is 1.92. The molecule has 4 aliphatic rings. The van der Waals surface area contributed by atoms with Crippen molar-refractivity contribution in [3.63, 3.8) is 0 Å². The van der Waals surface area contributed by atoms with E-state index in [1.165, 1.54) is 66.0 Å². The van der Waals surface area contributed by atoms with Crippen molar-refractivity contribution in [3.8, 4) is 17.0 Å². The second-order valence-corrected chi connectivity index (χ2v) is 15.4. The summed E-state index contributed by atoms with van der Waals surface area (Å²) in [5.74, 6) is 0.292. The van der Waals surface area contributed by atoms with Crippen molar-refractivity contribution in [3.05, 3.63) is 89.0 Å². The molecule has 3 N–H and O–H groups in total. The molecule has 52 heavy (non-hydrogen) atoms. The highest BCUT2D eigenvalue weighted by Gasteiger charge is 2.43. The Labute approximate surface area is 305 Å². The summed E-state index contributed by atoms with van der Waals surface area (Å²) in [5.41, 5.74) is 7.30. The minimum Gasteiger partial charge on any atom is -0.497 e. The van der Waals surface area contributed by atoms with Crippen LogP contribution in [-0.4, -0.2) is 58.6 Å². The average molecular weight is 701 g/mol. The predicted molar refractivity (Wildman–Crippen MR) is 204 cm³/mol. The predicted octanol–water partition coefficient (Wildman–Crippen LogP) is 8.15. The molecule has 2 aliphatic carbocycles. The van der Waals surface area contributed by atoms with Crippen molar-refractivity contribution in [1.29, 1.82) is 0 Å². The van der Waals surface area contributed by atoms with E-state index in [-0.39, 0.29) is 11.8 Å². The molecule has 270 valence electrons. The highest BCUT2D eigenvalue weighted by Crippen LogP contribution is 2.51. The Bertz CT molecular complexity index is 2050. The zero-order valence-corrected chi connectivity index (χ0v) is 30.1. The van der Waals surface area contributed by atoms with Crippen LogP contribution in [0.2, 0.25) is 0 Å². The molecule has 0 unspecified atom stereocenters. The van der Waals surface area contributed by atoms with Gasteiger partial charge in [0.1, 0.15) is 11.3 Å². The summed E-state index contributed by atoms with van der Waals surface area (Å²) in [6.07, 6.45) is 12.6. The first-order valence-corrected chi connectivity index (χ1v) is 18.9. The number of nitrogens with zero attached hydrogens (tertiary/aromatic N) is 2. The van der Waals surface area contributed by atoms with Crippen molar-refractivity contribution >= 4 is 40.4 Å². The lowest BCUT2D eigenvalue weighted by molar-refractivity contribution is -0.131. The Morgan fingerprint density at radius 2 is 1.69 bits per heavy atom. The van der Waals surface area contributed by atoms with Gasteiger partial charge in [-0.1, -0.05) is 50.3 Å². The molecule has 1 aromatic heterocycles. The molecule has 2 amide bonds. The maximum Gasteiger partial charge on any atom is 0.328 e. The third kappa shape index (κ3) is 6.19. The second-order valence-electron chi connectivity index (χ2n) is 15.4. The van der Waals surface area contributed by atoms with Crippen LogP contribution >= 0.6 is 0 Å². The topological polar surface area (TPSA) is 113 Å². The quantitative estimate of drug-likeness (QED) is 0.160. The number of hydrogen-bond donors (Lipinski definition) is 3. The number of ether oxygens (including phenoxy) is 1. The molecule has 0 radical (unpaired) electrons. The fourth-order valence-electron chi connectivity index (χ4n) is 9.65. The highest BCUT2D eigenvalue weighted by atomic mass is 16.5. The summed E-state index contributed by atoms with van der Waals surface area (Å²) < 4.78 is 8.28. The summed E-state index contributed by atoms with van der Waals surface area (Å²) >= 11 is 0. The molecule has 2 atom stereocenters. The average Bonchev–Trinajstić information content (AvgIpc) is 3.85. The van der Waals surface area contributed by atoms with E-state index in [2.05, 4.69) is 57.5 Å². The van der Waals surface area contributed by atoms with Crippen molar-refractivity contribution in [2.24, 2.45) is 5.92 Å². The van der Waals surface area contributed by atoms with Crippen molar-refractivity contribution in [2.75, 3.05) is 26.0 Å². The van der Waals surface area contributed by atoms with Gasteiger partial charge in [0.15, 0.2) is 0 Å². The first kappa shape index (κ1) is 34.2. The van der Waals surface area contributed by atoms with Gasteiger partial charge in [0.25, 0.3) is 5.91 Å². The van der Waals surface area contributed by atoms with Crippen LogP contribution < -0.4 is 15.4 Å². The SMILES string of the molecule is COc1ccc2c(c1)[C@@H]1[C@@H](CCN1C)Cn1c-2c(C2CCCCC2)c2ccc(C(=O)NC3(C(=O)Nc4ccc(/C=C/C(=O)O)cc4)CCCC3)cc21. The molecule has 0 spiro atoms. The molecule has 3 heterocycles. The van der Waals surface area contributed by atoms with Crippen LogP contribution in [0, 0.1) is 5.92 Å². The van der Waals surface area contributed by atoms with Crippen LogP contribution in [0.1, 0.15) is 103 Å². The number of aliphatic carboxylic acids is 1. The van der Waals surface area contributed by atoms with Crippen LogP contribution in [0.15, 0.2) is 66.7 Å². The Kier molecular flexibility index (Phi) is 9.16. The third-order valence-corrected chi connectivity index (χ3v) is 12.2. The smallest absolute Gasteiger partial charge is 0.328 e. The van der Waals surface area contributed by atoms with Crippen LogP contribution in [-0.2, 0) is 16.1 Å². The number of hydrogen-bond acceptors (Lipinski definition) is 5. The number of anilines is 1. The van der Waals surface area contributed by atoms with Crippen LogP contribution in [0.25, 0.3) is 28.2 Å². The number of benzene rings is 3. The van der Waals surface area contributed by atoms with E-state index in [4.69, 9.17) is 9.84 Å². The Hall–Kier alpha value is -4.89. The van der Waals surface area contributed by atoms with Gasteiger partial charge in [-0.3, -0.25) is 14.5 Å².